The molecule has 2 saturated carbocycles. The summed E-state index contributed by atoms with van der Waals surface area (Å²) in [5.41, 5.74) is 2.50. The van der Waals surface area contributed by atoms with Crippen LogP contribution >= 0.6 is 0 Å². The van der Waals surface area contributed by atoms with Crippen molar-refractivity contribution in [1.82, 2.24) is 4.98 Å². The summed E-state index contributed by atoms with van der Waals surface area (Å²) < 4.78 is 19.3. The molecule has 2 aromatic rings. The average Bonchev–Trinajstić information content (AvgIpc) is 3.11. The summed E-state index contributed by atoms with van der Waals surface area (Å²) in [7, 11) is 0. The highest BCUT2D eigenvalue weighted by Crippen LogP contribution is 2.53. The number of rotatable bonds is 4. The van der Waals surface area contributed by atoms with Crippen molar-refractivity contribution in [3.63, 3.8) is 0 Å². The molecule has 0 unspecified atom stereocenters. The normalized spacial score (nSPS) is 34.2. The largest absolute Gasteiger partial charge is 0.462 e. The van der Waals surface area contributed by atoms with Gasteiger partial charge in [0.25, 0.3) is 0 Å². The molecule has 5 heteroatoms. The molecule has 7 atom stereocenters. The van der Waals surface area contributed by atoms with E-state index >= 15 is 0 Å². The molecular formula is C27H30FNO3. The first-order valence-electron chi connectivity index (χ1n) is 11.7. The Morgan fingerprint density at radius 1 is 1.19 bits per heavy atom. The lowest BCUT2D eigenvalue weighted by Gasteiger charge is -2.47. The van der Waals surface area contributed by atoms with Crippen molar-refractivity contribution in [3.8, 4) is 11.1 Å². The van der Waals surface area contributed by atoms with Gasteiger partial charge in [-0.2, -0.15) is 0 Å². The second kappa shape index (κ2) is 8.78. The van der Waals surface area contributed by atoms with Crippen LogP contribution in [0.25, 0.3) is 17.2 Å². The van der Waals surface area contributed by atoms with Crippen molar-refractivity contribution < 1.29 is 19.0 Å². The van der Waals surface area contributed by atoms with Gasteiger partial charge in [0.1, 0.15) is 11.9 Å². The van der Waals surface area contributed by atoms with E-state index in [0.717, 1.165) is 29.7 Å². The number of nitrogens with zero attached hydrogens (tertiary/aromatic N) is 1. The van der Waals surface area contributed by atoms with Crippen LogP contribution in [0, 0.1) is 41.3 Å². The number of carbonyl (C=O) groups is 1. The second-order valence-electron chi connectivity index (χ2n) is 9.84. The number of fused-ring (bicyclic) bond motifs is 2. The first kappa shape index (κ1) is 21.3. The molecule has 0 bridgehead atoms. The number of esters is 1. The van der Waals surface area contributed by atoms with Gasteiger partial charge in [0, 0.05) is 17.7 Å². The third-order valence-electron chi connectivity index (χ3n) is 7.87. The van der Waals surface area contributed by atoms with Gasteiger partial charge < -0.3 is 9.84 Å². The Bertz CT molecular complexity index is 1000. The van der Waals surface area contributed by atoms with Crippen LogP contribution in [0.15, 0.2) is 48.7 Å². The topological polar surface area (TPSA) is 59.4 Å². The summed E-state index contributed by atoms with van der Waals surface area (Å²) >= 11 is 0. The Hall–Kier alpha value is -2.53. The molecule has 3 aliphatic rings. The van der Waals surface area contributed by atoms with Gasteiger partial charge in [0.05, 0.1) is 18.2 Å². The molecule has 1 N–H and O–H groups in total. The van der Waals surface area contributed by atoms with Crippen LogP contribution in [0.2, 0.25) is 0 Å². The van der Waals surface area contributed by atoms with Gasteiger partial charge in [0.15, 0.2) is 0 Å². The summed E-state index contributed by atoms with van der Waals surface area (Å²) in [5.74, 6) is 1.07. The number of allylic oxidation sites excluding steroid dienone is 1. The Labute approximate surface area is 188 Å². The molecule has 1 aliphatic heterocycles. The molecule has 2 aliphatic carbocycles. The fraction of sp³-hybridized carbons (Fsp3) is 0.481. The fourth-order valence-corrected chi connectivity index (χ4v) is 6.36. The number of aliphatic hydroxyl groups excluding tert-OH is 1. The van der Waals surface area contributed by atoms with Gasteiger partial charge in [-0.3, -0.25) is 9.78 Å². The van der Waals surface area contributed by atoms with Crippen LogP contribution in [0.3, 0.4) is 0 Å². The van der Waals surface area contributed by atoms with E-state index in [4.69, 9.17) is 4.74 Å². The summed E-state index contributed by atoms with van der Waals surface area (Å²) in [6.07, 6.45) is 10.4. The van der Waals surface area contributed by atoms with E-state index in [1.807, 2.05) is 24.3 Å². The van der Waals surface area contributed by atoms with E-state index in [9.17, 15) is 14.3 Å². The van der Waals surface area contributed by atoms with Gasteiger partial charge in [-0.25, -0.2) is 4.39 Å². The molecular weight excluding hydrogens is 405 g/mol. The minimum Gasteiger partial charge on any atom is -0.462 e. The van der Waals surface area contributed by atoms with Crippen molar-refractivity contribution in [2.75, 3.05) is 6.61 Å². The third kappa shape index (κ3) is 3.99. The van der Waals surface area contributed by atoms with E-state index in [2.05, 4.69) is 18.0 Å². The van der Waals surface area contributed by atoms with Crippen LogP contribution < -0.4 is 0 Å². The fourth-order valence-electron chi connectivity index (χ4n) is 6.36. The molecule has 4 nitrogen and oxygen atoms in total. The smallest absolute Gasteiger partial charge is 0.312 e. The molecule has 2 heterocycles. The highest BCUT2D eigenvalue weighted by Gasteiger charge is 2.55. The molecule has 0 spiro atoms. The summed E-state index contributed by atoms with van der Waals surface area (Å²) in [6, 6.07) is 10.4. The van der Waals surface area contributed by atoms with Gasteiger partial charge in [-0.05, 0) is 72.8 Å². The average molecular weight is 436 g/mol. The van der Waals surface area contributed by atoms with Gasteiger partial charge in [0.2, 0.25) is 0 Å². The van der Waals surface area contributed by atoms with Crippen molar-refractivity contribution in [2.24, 2.45) is 35.5 Å². The van der Waals surface area contributed by atoms with E-state index in [-0.39, 0.29) is 36.3 Å². The van der Waals surface area contributed by atoms with Crippen molar-refractivity contribution >= 4 is 12.0 Å². The monoisotopic (exact) mass is 435 g/mol. The maximum atomic E-state index is 13.5. The molecule has 0 radical (unpaired) electrons. The number of pyridine rings is 1. The maximum absolute atomic E-state index is 13.5. The van der Waals surface area contributed by atoms with Gasteiger partial charge in [-0.1, -0.05) is 37.6 Å². The van der Waals surface area contributed by atoms with Crippen LogP contribution in [-0.2, 0) is 9.53 Å². The van der Waals surface area contributed by atoms with Crippen LogP contribution in [0.5, 0.6) is 0 Å². The first-order chi connectivity index (χ1) is 15.5. The number of carbonyl (C=O) groups excluding carboxylic acids is 1. The quantitative estimate of drug-likeness (QED) is 0.677. The van der Waals surface area contributed by atoms with E-state index in [1.54, 1.807) is 12.3 Å². The van der Waals surface area contributed by atoms with E-state index in [0.29, 0.717) is 17.8 Å². The Kier molecular flexibility index (Phi) is 5.85. The molecule has 1 saturated heterocycles. The summed E-state index contributed by atoms with van der Waals surface area (Å²) in [4.78, 5) is 17.0. The van der Waals surface area contributed by atoms with Crippen molar-refractivity contribution in [2.45, 2.75) is 38.7 Å². The Morgan fingerprint density at radius 2 is 2.06 bits per heavy atom. The number of hydrogen-bond donors (Lipinski definition) is 1. The molecule has 1 aromatic carbocycles. The van der Waals surface area contributed by atoms with Gasteiger partial charge >= 0.3 is 5.97 Å². The Balaban J connectivity index is 1.40. The number of benzene rings is 1. The lowest BCUT2D eigenvalue weighted by atomic mass is 9.57. The standard InChI is InChI=1S/C27H30FNO3/c1-16-5-9-22-19(11-16)13-25-26(24(15-30)27(31)32-25)23(22)10-8-21-7-6-18(14-29-21)17-3-2-4-20(28)12-17/h2-4,6-8,10,12,14,16,19,22-26,30H,5,9,11,13,15H2,1H3/b10-8+/t16-,19+,22-,23+,24-,25-,26-/m1/s1. The molecule has 3 fully saturated rings. The predicted molar refractivity (Wildman–Crippen MR) is 121 cm³/mol. The van der Waals surface area contributed by atoms with Crippen LogP contribution in [-0.4, -0.2) is 28.8 Å². The third-order valence-corrected chi connectivity index (χ3v) is 7.87. The highest BCUT2D eigenvalue weighted by atomic mass is 19.1. The summed E-state index contributed by atoms with van der Waals surface area (Å²) in [5, 5.41) is 9.91. The van der Waals surface area contributed by atoms with Crippen molar-refractivity contribution in [3.05, 3.63) is 60.2 Å². The lowest BCUT2D eigenvalue weighted by molar-refractivity contribution is -0.146. The highest BCUT2D eigenvalue weighted by molar-refractivity contribution is 5.75. The molecule has 1 aromatic heterocycles. The summed E-state index contributed by atoms with van der Waals surface area (Å²) in [6.45, 7) is 2.16. The SMILES string of the molecule is C[C@@H]1CC[C@@H]2[C@@H](C1)C[C@H]1OC(=O)[C@H](CO)[C@H]1[C@H]2/C=C/c1ccc(-c2cccc(F)c2)cn1. The maximum Gasteiger partial charge on any atom is 0.312 e. The number of aromatic nitrogens is 1. The second-order valence-corrected chi connectivity index (χ2v) is 9.84. The number of hydrogen-bond acceptors (Lipinski definition) is 4. The molecule has 5 rings (SSSR count). The predicted octanol–water partition coefficient (Wildman–Crippen LogP) is 5.12. The van der Waals surface area contributed by atoms with E-state index < -0.39 is 5.92 Å². The zero-order valence-corrected chi connectivity index (χ0v) is 18.4. The zero-order chi connectivity index (χ0) is 22.2. The Morgan fingerprint density at radius 3 is 2.81 bits per heavy atom. The lowest BCUT2D eigenvalue weighted by Crippen LogP contribution is -2.45. The van der Waals surface area contributed by atoms with Crippen molar-refractivity contribution in [1.29, 1.82) is 0 Å². The number of halogens is 1. The molecule has 0 amide bonds. The number of aliphatic hydroxyl groups is 1. The molecule has 168 valence electrons. The van der Waals surface area contributed by atoms with Crippen LogP contribution in [0.4, 0.5) is 4.39 Å². The first-order valence-corrected chi connectivity index (χ1v) is 11.7. The molecule has 32 heavy (non-hydrogen) atoms. The minimum atomic E-state index is -0.432. The van der Waals surface area contributed by atoms with Gasteiger partial charge in [-0.15, -0.1) is 0 Å². The van der Waals surface area contributed by atoms with E-state index in [1.165, 1.54) is 25.0 Å². The number of ether oxygens (including phenoxy) is 1. The van der Waals surface area contributed by atoms with Crippen LogP contribution in [0.1, 0.15) is 38.3 Å². The minimum absolute atomic E-state index is 0.0324. The zero-order valence-electron chi connectivity index (χ0n) is 18.4.